The van der Waals surface area contributed by atoms with E-state index >= 15 is 0 Å². The number of rotatable bonds is 4. The van der Waals surface area contributed by atoms with Gasteiger partial charge in [-0.25, -0.2) is 9.18 Å². The molecule has 2 rings (SSSR count). The lowest BCUT2D eigenvalue weighted by Gasteiger charge is -2.18. The number of methoxy groups -OCH3 is 1. The standard InChI is InChI=1S/C15H14FNO2/c1-19-15(18)14(12-9-5-6-10-13(12)16)17-11-7-3-2-4-8-11/h2-10,14,17H,1H3. The minimum absolute atomic E-state index is 0.262. The molecule has 0 aliphatic carbocycles. The predicted octanol–water partition coefficient (Wildman–Crippen LogP) is 3.15. The molecule has 0 fully saturated rings. The zero-order valence-corrected chi connectivity index (χ0v) is 10.5. The van der Waals surface area contributed by atoms with Crippen molar-refractivity contribution in [1.82, 2.24) is 0 Å². The zero-order chi connectivity index (χ0) is 13.7. The summed E-state index contributed by atoms with van der Waals surface area (Å²) in [6.45, 7) is 0. The number of ether oxygens (including phenoxy) is 1. The summed E-state index contributed by atoms with van der Waals surface area (Å²) in [6, 6.07) is 14.4. The number of benzene rings is 2. The summed E-state index contributed by atoms with van der Waals surface area (Å²) in [7, 11) is 1.28. The lowest BCUT2D eigenvalue weighted by molar-refractivity contribution is -0.141. The summed E-state index contributed by atoms with van der Waals surface area (Å²) < 4.78 is 18.5. The van der Waals surface area contributed by atoms with Crippen molar-refractivity contribution >= 4 is 11.7 Å². The van der Waals surface area contributed by atoms with Crippen LogP contribution in [0.15, 0.2) is 54.6 Å². The largest absolute Gasteiger partial charge is 0.467 e. The maximum Gasteiger partial charge on any atom is 0.333 e. The van der Waals surface area contributed by atoms with E-state index in [1.165, 1.54) is 13.2 Å². The highest BCUT2D eigenvalue weighted by atomic mass is 19.1. The molecule has 98 valence electrons. The summed E-state index contributed by atoms with van der Waals surface area (Å²) >= 11 is 0. The number of para-hydroxylation sites is 1. The number of halogens is 1. The Kier molecular flexibility index (Phi) is 4.13. The number of hydrogen-bond donors (Lipinski definition) is 1. The molecule has 0 heterocycles. The second-order valence-electron chi connectivity index (χ2n) is 3.99. The van der Waals surface area contributed by atoms with Crippen LogP contribution in [0.3, 0.4) is 0 Å². The molecule has 0 amide bonds. The molecule has 0 saturated heterocycles. The molecule has 1 unspecified atom stereocenters. The fourth-order valence-electron chi connectivity index (χ4n) is 1.79. The first-order chi connectivity index (χ1) is 9.22. The van der Waals surface area contributed by atoms with Crippen LogP contribution in [0.2, 0.25) is 0 Å². The minimum Gasteiger partial charge on any atom is -0.467 e. The van der Waals surface area contributed by atoms with Crippen LogP contribution in [0.5, 0.6) is 0 Å². The van der Waals surface area contributed by atoms with Crippen LogP contribution in [0.4, 0.5) is 10.1 Å². The van der Waals surface area contributed by atoms with Crippen LogP contribution >= 0.6 is 0 Å². The molecule has 1 N–H and O–H groups in total. The van der Waals surface area contributed by atoms with E-state index in [1.54, 1.807) is 30.3 Å². The molecule has 0 aliphatic heterocycles. The molecule has 0 aromatic heterocycles. The van der Waals surface area contributed by atoms with Gasteiger partial charge in [0.1, 0.15) is 5.82 Å². The quantitative estimate of drug-likeness (QED) is 0.857. The second kappa shape index (κ2) is 6.00. The van der Waals surface area contributed by atoms with E-state index in [1.807, 2.05) is 18.2 Å². The average Bonchev–Trinajstić information content (AvgIpc) is 2.46. The first-order valence-electron chi connectivity index (χ1n) is 5.86. The number of nitrogens with one attached hydrogen (secondary N) is 1. The molecule has 0 aliphatic rings. The number of hydrogen-bond acceptors (Lipinski definition) is 3. The van der Waals surface area contributed by atoms with Crippen LogP contribution < -0.4 is 5.32 Å². The van der Waals surface area contributed by atoms with Crippen LogP contribution in [0, 0.1) is 5.82 Å². The lowest BCUT2D eigenvalue weighted by atomic mass is 10.1. The Morgan fingerprint density at radius 1 is 1.11 bits per heavy atom. The van der Waals surface area contributed by atoms with Gasteiger partial charge in [0.15, 0.2) is 6.04 Å². The third kappa shape index (κ3) is 3.10. The van der Waals surface area contributed by atoms with Crippen molar-refractivity contribution in [2.45, 2.75) is 6.04 Å². The Morgan fingerprint density at radius 3 is 2.37 bits per heavy atom. The summed E-state index contributed by atoms with van der Waals surface area (Å²) in [5.41, 5.74) is 0.986. The van der Waals surface area contributed by atoms with Gasteiger partial charge in [-0.1, -0.05) is 36.4 Å². The van der Waals surface area contributed by atoms with Gasteiger partial charge in [-0.05, 0) is 18.2 Å². The van der Waals surface area contributed by atoms with Crippen LogP contribution in [-0.2, 0) is 9.53 Å². The molecule has 0 spiro atoms. The average molecular weight is 259 g/mol. The zero-order valence-electron chi connectivity index (χ0n) is 10.5. The van der Waals surface area contributed by atoms with Gasteiger partial charge in [0.25, 0.3) is 0 Å². The van der Waals surface area contributed by atoms with Gasteiger partial charge >= 0.3 is 5.97 Å². The molecule has 0 bridgehead atoms. The van der Waals surface area contributed by atoms with Crippen molar-refractivity contribution in [3.05, 3.63) is 66.0 Å². The Labute approximate surface area is 111 Å². The Balaban J connectivity index is 2.32. The van der Waals surface area contributed by atoms with Gasteiger partial charge in [-0.15, -0.1) is 0 Å². The van der Waals surface area contributed by atoms with Crippen LogP contribution in [0.25, 0.3) is 0 Å². The lowest BCUT2D eigenvalue weighted by Crippen LogP contribution is -2.23. The van der Waals surface area contributed by atoms with E-state index in [0.717, 1.165) is 5.69 Å². The molecule has 3 nitrogen and oxygen atoms in total. The highest BCUT2D eigenvalue weighted by Gasteiger charge is 2.23. The Hall–Kier alpha value is -2.36. The minimum atomic E-state index is -0.867. The molecule has 0 radical (unpaired) electrons. The Bertz CT molecular complexity index is 557. The monoisotopic (exact) mass is 259 g/mol. The van der Waals surface area contributed by atoms with Crippen LogP contribution in [-0.4, -0.2) is 13.1 Å². The van der Waals surface area contributed by atoms with Crippen molar-refractivity contribution in [2.24, 2.45) is 0 Å². The van der Waals surface area contributed by atoms with E-state index in [2.05, 4.69) is 5.32 Å². The smallest absolute Gasteiger partial charge is 0.333 e. The third-order valence-corrected chi connectivity index (χ3v) is 2.74. The molecular formula is C15H14FNO2. The van der Waals surface area contributed by atoms with Crippen LogP contribution in [0.1, 0.15) is 11.6 Å². The summed E-state index contributed by atoms with van der Waals surface area (Å²) in [6.07, 6.45) is 0. The second-order valence-corrected chi connectivity index (χ2v) is 3.99. The molecule has 2 aromatic carbocycles. The van der Waals surface area contributed by atoms with Gasteiger partial charge in [-0.3, -0.25) is 0 Å². The predicted molar refractivity (Wildman–Crippen MR) is 71.2 cm³/mol. The molecule has 2 aromatic rings. The normalized spacial score (nSPS) is 11.7. The molecule has 19 heavy (non-hydrogen) atoms. The maximum absolute atomic E-state index is 13.8. The molecular weight excluding hydrogens is 245 g/mol. The third-order valence-electron chi connectivity index (χ3n) is 2.74. The maximum atomic E-state index is 13.8. The summed E-state index contributed by atoms with van der Waals surface area (Å²) in [5, 5.41) is 2.97. The van der Waals surface area contributed by atoms with Gasteiger partial charge in [0.2, 0.25) is 0 Å². The van der Waals surface area contributed by atoms with E-state index < -0.39 is 17.8 Å². The first-order valence-corrected chi connectivity index (χ1v) is 5.86. The van der Waals surface area contributed by atoms with Gasteiger partial charge in [-0.2, -0.15) is 0 Å². The van der Waals surface area contributed by atoms with Gasteiger partial charge in [0, 0.05) is 11.3 Å². The van der Waals surface area contributed by atoms with E-state index in [0.29, 0.717) is 0 Å². The van der Waals surface area contributed by atoms with E-state index in [9.17, 15) is 9.18 Å². The van der Waals surface area contributed by atoms with Gasteiger partial charge in [0.05, 0.1) is 7.11 Å². The SMILES string of the molecule is COC(=O)C(Nc1ccccc1)c1ccccc1F. The van der Waals surface area contributed by atoms with Crippen molar-refractivity contribution in [2.75, 3.05) is 12.4 Å². The fourth-order valence-corrected chi connectivity index (χ4v) is 1.79. The topological polar surface area (TPSA) is 38.3 Å². The van der Waals surface area contributed by atoms with Gasteiger partial charge < -0.3 is 10.1 Å². The van der Waals surface area contributed by atoms with E-state index in [-0.39, 0.29) is 5.56 Å². The highest BCUT2D eigenvalue weighted by Crippen LogP contribution is 2.23. The number of carbonyl (C=O) groups is 1. The fraction of sp³-hybridized carbons (Fsp3) is 0.133. The van der Waals surface area contributed by atoms with Crippen molar-refractivity contribution in [3.8, 4) is 0 Å². The summed E-state index contributed by atoms with van der Waals surface area (Å²) in [5.74, 6) is -0.977. The van der Waals surface area contributed by atoms with Crippen molar-refractivity contribution in [1.29, 1.82) is 0 Å². The highest BCUT2D eigenvalue weighted by molar-refractivity contribution is 5.81. The van der Waals surface area contributed by atoms with Crippen molar-refractivity contribution < 1.29 is 13.9 Å². The molecule has 4 heteroatoms. The van der Waals surface area contributed by atoms with Crippen molar-refractivity contribution in [3.63, 3.8) is 0 Å². The number of carbonyl (C=O) groups excluding carboxylic acids is 1. The number of esters is 1. The molecule has 0 saturated carbocycles. The van der Waals surface area contributed by atoms with E-state index in [4.69, 9.17) is 4.74 Å². The molecule has 1 atom stereocenters. The summed E-state index contributed by atoms with van der Waals surface area (Å²) in [4.78, 5) is 11.8. The Morgan fingerprint density at radius 2 is 1.74 bits per heavy atom. The first kappa shape index (κ1) is 13.1. The number of anilines is 1.